The minimum Gasteiger partial charge on any atom is -0.469 e. The summed E-state index contributed by atoms with van der Waals surface area (Å²) in [6.07, 6.45) is 0.723. The number of carbonyl (C=O) groups excluding carboxylic acids is 2. The Labute approximate surface area is 167 Å². The molecule has 0 saturated carbocycles. The van der Waals surface area contributed by atoms with E-state index >= 15 is 0 Å². The lowest BCUT2D eigenvalue weighted by Gasteiger charge is -2.25. The average Bonchev–Trinajstić information content (AvgIpc) is 2.73. The molecule has 2 unspecified atom stereocenters. The summed E-state index contributed by atoms with van der Waals surface area (Å²) in [6.45, 7) is 5.22. The molecule has 0 heterocycles. The van der Waals surface area contributed by atoms with Gasteiger partial charge in [-0.05, 0) is 24.1 Å². The zero-order chi connectivity index (χ0) is 20.4. The number of ether oxygens (including phenoxy) is 1. The van der Waals surface area contributed by atoms with E-state index in [0.717, 1.165) is 12.0 Å². The van der Waals surface area contributed by atoms with Crippen molar-refractivity contribution in [2.45, 2.75) is 26.3 Å². The first kappa shape index (κ1) is 21.6. The number of benzene rings is 2. The van der Waals surface area contributed by atoms with Crippen LogP contribution in [0, 0.1) is 5.92 Å². The molecule has 5 heteroatoms. The van der Waals surface area contributed by atoms with Gasteiger partial charge in [-0.25, -0.2) is 0 Å². The largest absolute Gasteiger partial charge is 0.469 e. The van der Waals surface area contributed by atoms with Crippen LogP contribution in [0.5, 0.6) is 0 Å². The van der Waals surface area contributed by atoms with Gasteiger partial charge in [-0.1, -0.05) is 74.5 Å². The van der Waals surface area contributed by atoms with Crippen molar-refractivity contribution in [3.05, 3.63) is 71.8 Å². The maximum atomic E-state index is 12.7. The van der Waals surface area contributed by atoms with Gasteiger partial charge in [0.15, 0.2) is 0 Å². The second-order valence-electron chi connectivity index (χ2n) is 6.97. The molecule has 0 aliphatic rings. The number of likely N-dealkylation sites (N-methyl/N-ethyl adjacent to an activating group) is 1. The Morgan fingerprint density at radius 2 is 1.64 bits per heavy atom. The molecular formula is C23H30N2O3. The minimum absolute atomic E-state index is 0.0521. The molecule has 2 rings (SSSR count). The number of esters is 1. The summed E-state index contributed by atoms with van der Waals surface area (Å²) in [6, 6.07) is 20.0. The Hall–Kier alpha value is -2.66. The highest BCUT2D eigenvalue weighted by atomic mass is 16.5. The summed E-state index contributed by atoms with van der Waals surface area (Å²) >= 11 is 0. The highest BCUT2D eigenvalue weighted by molar-refractivity contribution is 5.78. The zero-order valence-corrected chi connectivity index (χ0v) is 16.9. The molecule has 28 heavy (non-hydrogen) atoms. The predicted octanol–water partition coefficient (Wildman–Crippen LogP) is 3.22. The third-order valence-corrected chi connectivity index (χ3v) is 4.77. The van der Waals surface area contributed by atoms with Gasteiger partial charge in [0.25, 0.3) is 0 Å². The Morgan fingerprint density at radius 3 is 2.21 bits per heavy atom. The van der Waals surface area contributed by atoms with Gasteiger partial charge < -0.3 is 10.1 Å². The summed E-state index contributed by atoms with van der Waals surface area (Å²) in [5.74, 6) is -0.583. The van der Waals surface area contributed by atoms with Crippen LogP contribution in [0.25, 0.3) is 0 Å². The predicted molar refractivity (Wildman–Crippen MR) is 111 cm³/mol. The second-order valence-corrected chi connectivity index (χ2v) is 6.97. The van der Waals surface area contributed by atoms with Gasteiger partial charge in [0.2, 0.25) is 5.91 Å². The van der Waals surface area contributed by atoms with Gasteiger partial charge in [-0.3, -0.25) is 14.5 Å². The molecule has 150 valence electrons. The normalized spacial score (nSPS) is 13.0. The van der Waals surface area contributed by atoms with Crippen molar-refractivity contribution in [3.63, 3.8) is 0 Å². The van der Waals surface area contributed by atoms with Crippen molar-refractivity contribution < 1.29 is 14.3 Å². The number of hydrogen-bond acceptors (Lipinski definition) is 4. The molecule has 2 aromatic carbocycles. The van der Waals surface area contributed by atoms with E-state index in [1.54, 1.807) is 0 Å². The van der Waals surface area contributed by atoms with Crippen LogP contribution < -0.4 is 5.32 Å². The summed E-state index contributed by atoms with van der Waals surface area (Å²) < 4.78 is 4.78. The van der Waals surface area contributed by atoms with Gasteiger partial charge in [0.05, 0.1) is 25.6 Å². The standard InChI is InChI=1S/C23H30N2O3/c1-4-25(16-18(2)23(27)28-3)17-22(26)24-21(20-13-9-6-10-14-20)15-19-11-7-5-8-12-19/h5-14,18,21H,4,15-17H2,1-3H3,(H,24,26). The third kappa shape index (κ3) is 6.82. The first-order valence-electron chi connectivity index (χ1n) is 9.71. The van der Waals surface area contributed by atoms with Crippen LogP contribution >= 0.6 is 0 Å². The summed E-state index contributed by atoms with van der Waals surface area (Å²) in [7, 11) is 1.38. The monoisotopic (exact) mass is 382 g/mol. The van der Waals surface area contributed by atoms with Gasteiger partial charge in [-0.2, -0.15) is 0 Å². The maximum absolute atomic E-state index is 12.7. The number of nitrogens with zero attached hydrogens (tertiary/aromatic N) is 1. The van der Waals surface area contributed by atoms with Gasteiger partial charge >= 0.3 is 5.97 Å². The number of nitrogens with one attached hydrogen (secondary N) is 1. The van der Waals surface area contributed by atoms with E-state index in [4.69, 9.17) is 4.74 Å². The van der Waals surface area contributed by atoms with Crippen LogP contribution in [0.1, 0.15) is 31.0 Å². The Balaban J connectivity index is 2.03. The van der Waals surface area contributed by atoms with E-state index in [1.807, 2.05) is 67.3 Å². The van der Waals surface area contributed by atoms with Crippen molar-refractivity contribution in [2.75, 3.05) is 26.7 Å². The van der Waals surface area contributed by atoms with Crippen LogP contribution in [0.4, 0.5) is 0 Å². The van der Waals surface area contributed by atoms with Crippen molar-refractivity contribution >= 4 is 11.9 Å². The van der Waals surface area contributed by atoms with E-state index in [-0.39, 0.29) is 30.4 Å². The van der Waals surface area contributed by atoms with Crippen molar-refractivity contribution in [3.8, 4) is 0 Å². The molecule has 0 aliphatic heterocycles. The van der Waals surface area contributed by atoms with Crippen molar-refractivity contribution in [2.24, 2.45) is 5.92 Å². The van der Waals surface area contributed by atoms with Crippen LogP contribution in [0.15, 0.2) is 60.7 Å². The molecule has 0 radical (unpaired) electrons. The Kier molecular flexibility index (Phi) is 8.69. The molecule has 5 nitrogen and oxygen atoms in total. The van der Waals surface area contributed by atoms with Gasteiger partial charge in [0, 0.05) is 6.54 Å². The molecular weight excluding hydrogens is 352 g/mol. The molecule has 1 N–H and O–H groups in total. The average molecular weight is 383 g/mol. The molecule has 0 aliphatic carbocycles. The Morgan fingerprint density at radius 1 is 1.04 bits per heavy atom. The highest BCUT2D eigenvalue weighted by Crippen LogP contribution is 2.18. The topological polar surface area (TPSA) is 58.6 Å². The van der Waals surface area contributed by atoms with Crippen LogP contribution in [-0.4, -0.2) is 43.5 Å². The number of amides is 1. The van der Waals surface area contributed by atoms with E-state index in [9.17, 15) is 9.59 Å². The summed E-state index contributed by atoms with van der Waals surface area (Å²) in [5, 5.41) is 3.17. The lowest BCUT2D eigenvalue weighted by molar-refractivity contribution is -0.145. The highest BCUT2D eigenvalue weighted by Gasteiger charge is 2.20. The second kappa shape index (κ2) is 11.2. The van der Waals surface area contributed by atoms with Crippen molar-refractivity contribution in [1.29, 1.82) is 0 Å². The summed E-state index contributed by atoms with van der Waals surface area (Å²) in [5.41, 5.74) is 2.24. The molecule has 2 aromatic rings. The molecule has 0 aromatic heterocycles. The third-order valence-electron chi connectivity index (χ3n) is 4.77. The molecule has 1 amide bonds. The van der Waals surface area contributed by atoms with Gasteiger partial charge in [-0.15, -0.1) is 0 Å². The lowest BCUT2D eigenvalue weighted by atomic mass is 9.99. The number of rotatable bonds is 10. The Bertz CT molecular complexity index is 734. The first-order valence-corrected chi connectivity index (χ1v) is 9.71. The van der Waals surface area contributed by atoms with E-state index in [0.29, 0.717) is 13.1 Å². The smallest absolute Gasteiger partial charge is 0.309 e. The molecule has 0 bridgehead atoms. The fourth-order valence-corrected chi connectivity index (χ4v) is 3.20. The van der Waals surface area contributed by atoms with E-state index in [1.165, 1.54) is 12.7 Å². The fraction of sp³-hybridized carbons (Fsp3) is 0.391. The van der Waals surface area contributed by atoms with E-state index in [2.05, 4.69) is 17.4 Å². The summed E-state index contributed by atoms with van der Waals surface area (Å²) in [4.78, 5) is 26.4. The number of carbonyl (C=O) groups is 2. The van der Waals surface area contributed by atoms with Crippen molar-refractivity contribution in [1.82, 2.24) is 10.2 Å². The minimum atomic E-state index is -0.271. The maximum Gasteiger partial charge on any atom is 0.309 e. The number of methoxy groups -OCH3 is 1. The van der Waals surface area contributed by atoms with Crippen LogP contribution in [-0.2, 0) is 20.7 Å². The van der Waals surface area contributed by atoms with Gasteiger partial charge in [0.1, 0.15) is 0 Å². The SMILES string of the molecule is CCN(CC(=O)NC(Cc1ccccc1)c1ccccc1)CC(C)C(=O)OC. The molecule has 0 spiro atoms. The molecule has 2 atom stereocenters. The molecule has 0 saturated heterocycles. The van der Waals surface area contributed by atoms with Crippen LogP contribution in [0.3, 0.4) is 0 Å². The quantitative estimate of drug-likeness (QED) is 0.641. The zero-order valence-electron chi connectivity index (χ0n) is 16.9. The van der Waals surface area contributed by atoms with E-state index < -0.39 is 0 Å². The lowest BCUT2D eigenvalue weighted by Crippen LogP contribution is -2.42. The van der Waals surface area contributed by atoms with Crippen LogP contribution in [0.2, 0.25) is 0 Å². The molecule has 0 fully saturated rings. The fourth-order valence-electron chi connectivity index (χ4n) is 3.20. The first-order chi connectivity index (χ1) is 13.5. The number of hydrogen-bond donors (Lipinski definition) is 1.